The number of amides is 1. The summed E-state index contributed by atoms with van der Waals surface area (Å²) in [7, 11) is 0. The first-order chi connectivity index (χ1) is 8.84. The summed E-state index contributed by atoms with van der Waals surface area (Å²) in [6.07, 6.45) is 1.74. The minimum Gasteiger partial charge on any atom is -0.347 e. The van der Waals surface area contributed by atoms with Gasteiger partial charge in [-0.2, -0.15) is 0 Å². The van der Waals surface area contributed by atoms with Crippen LogP contribution in [0.5, 0.6) is 0 Å². The SMILES string of the molecule is CC1(C)C(NC(=O)c2cn(C3CNC3)nn2)C1(C)C. The van der Waals surface area contributed by atoms with Crippen LogP contribution in [0.25, 0.3) is 0 Å². The molecule has 0 radical (unpaired) electrons. The van der Waals surface area contributed by atoms with Gasteiger partial charge in [0, 0.05) is 19.1 Å². The van der Waals surface area contributed by atoms with Crippen molar-refractivity contribution < 1.29 is 4.79 Å². The quantitative estimate of drug-likeness (QED) is 0.837. The highest BCUT2D eigenvalue weighted by Crippen LogP contribution is 2.62. The van der Waals surface area contributed by atoms with Gasteiger partial charge >= 0.3 is 0 Å². The van der Waals surface area contributed by atoms with Crippen LogP contribution in [-0.2, 0) is 0 Å². The number of carbonyl (C=O) groups excluding carboxylic acids is 1. The fourth-order valence-electron chi connectivity index (χ4n) is 2.78. The van der Waals surface area contributed by atoms with Gasteiger partial charge < -0.3 is 10.6 Å². The smallest absolute Gasteiger partial charge is 0.273 e. The first-order valence-corrected chi connectivity index (χ1v) is 6.77. The molecule has 19 heavy (non-hydrogen) atoms. The standard InChI is InChI=1S/C13H21N5O/c1-12(2)11(13(12,3)4)15-10(19)9-7-18(17-16-9)8-5-14-6-8/h7-8,11,14H,5-6H2,1-4H3,(H,15,19). The predicted molar refractivity (Wildman–Crippen MR) is 70.7 cm³/mol. The van der Waals surface area contributed by atoms with Crippen molar-refractivity contribution in [2.24, 2.45) is 10.8 Å². The molecule has 1 aliphatic carbocycles. The van der Waals surface area contributed by atoms with Gasteiger partial charge in [-0.15, -0.1) is 5.10 Å². The maximum Gasteiger partial charge on any atom is 0.273 e. The van der Waals surface area contributed by atoms with Gasteiger partial charge in [0.05, 0.1) is 12.2 Å². The van der Waals surface area contributed by atoms with Crippen molar-refractivity contribution in [3.63, 3.8) is 0 Å². The molecule has 1 aliphatic heterocycles. The molecule has 0 spiro atoms. The number of hydrogen-bond acceptors (Lipinski definition) is 4. The fourth-order valence-corrected chi connectivity index (χ4v) is 2.78. The van der Waals surface area contributed by atoms with Gasteiger partial charge in [-0.1, -0.05) is 32.9 Å². The van der Waals surface area contributed by atoms with E-state index in [1.54, 1.807) is 10.9 Å². The van der Waals surface area contributed by atoms with Gasteiger partial charge in [0.15, 0.2) is 5.69 Å². The average molecular weight is 263 g/mol. The zero-order chi connectivity index (χ0) is 13.8. The number of nitrogens with one attached hydrogen (secondary N) is 2. The first kappa shape index (κ1) is 12.6. The molecule has 0 bridgehead atoms. The molecule has 0 unspecified atom stereocenters. The summed E-state index contributed by atoms with van der Waals surface area (Å²) in [6.45, 7) is 10.5. The number of aromatic nitrogens is 3. The van der Waals surface area contributed by atoms with Crippen molar-refractivity contribution in [2.45, 2.75) is 39.8 Å². The zero-order valence-corrected chi connectivity index (χ0v) is 11.9. The molecule has 0 atom stereocenters. The van der Waals surface area contributed by atoms with Crippen LogP contribution in [-0.4, -0.2) is 40.0 Å². The van der Waals surface area contributed by atoms with E-state index in [0.29, 0.717) is 11.7 Å². The van der Waals surface area contributed by atoms with Crippen molar-refractivity contribution in [1.82, 2.24) is 25.6 Å². The maximum absolute atomic E-state index is 12.2. The molecular weight excluding hydrogens is 242 g/mol. The summed E-state index contributed by atoms with van der Waals surface area (Å²) in [5.74, 6) is -0.123. The lowest BCUT2D eigenvalue weighted by molar-refractivity contribution is 0.0938. The second-order valence-corrected chi connectivity index (χ2v) is 6.75. The summed E-state index contributed by atoms with van der Waals surface area (Å²) in [6, 6.07) is 0.533. The van der Waals surface area contributed by atoms with E-state index in [2.05, 4.69) is 48.6 Å². The molecular formula is C13H21N5O. The van der Waals surface area contributed by atoms with Crippen LogP contribution in [0.15, 0.2) is 6.20 Å². The largest absolute Gasteiger partial charge is 0.347 e. The molecule has 1 amide bonds. The van der Waals surface area contributed by atoms with Gasteiger partial charge in [0.1, 0.15) is 0 Å². The minimum absolute atomic E-state index is 0.123. The molecule has 2 aliphatic rings. The normalized spacial score (nSPS) is 24.8. The number of hydrogen-bond donors (Lipinski definition) is 2. The van der Waals surface area contributed by atoms with Gasteiger partial charge in [-0.25, -0.2) is 4.68 Å². The maximum atomic E-state index is 12.2. The van der Waals surface area contributed by atoms with Crippen LogP contribution in [0.2, 0.25) is 0 Å². The fraction of sp³-hybridized carbons (Fsp3) is 0.769. The molecule has 104 valence electrons. The molecule has 0 aromatic carbocycles. The molecule has 1 aromatic rings. The third kappa shape index (κ3) is 1.77. The number of rotatable bonds is 3. The van der Waals surface area contributed by atoms with E-state index in [4.69, 9.17) is 0 Å². The van der Waals surface area contributed by atoms with Gasteiger partial charge in [-0.05, 0) is 10.8 Å². The Bertz CT molecular complexity index is 501. The minimum atomic E-state index is -0.123. The molecule has 1 saturated carbocycles. The van der Waals surface area contributed by atoms with Gasteiger partial charge in [-0.3, -0.25) is 4.79 Å². The molecule has 3 rings (SSSR count). The lowest BCUT2D eigenvalue weighted by atomic mass is 10.0. The Morgan fingerprint density at radius 3 is 2.47 bits per heavy atom. The van der Waals surface area contributed by atoms with Crippen LogP contribution < -0.4 is 10.6 Å². The predicted octanol–water partition coefficient (Wildman–Crippen LogP) is 0.587. The Labute approximate surface area is 112 Å². The Hall–Kier alpha value is -1.43. The summed E-state index contributed by atoms with van der Waals surface area (Å²) in [5, 5.41) is 14.2. The van der Waals surface area contributed by atoms with E-state index in [1.165, 1.54) is 0 Å². The Kier molecular flexibility index (Phi) is 2.51. The molecule has 1 saturated heterocycles. The van der Waals surface area contributed by atoms with Crippen LogP contribution in [0.1, 0.15) is 44.2 Å². The van der Waals surface area contributed by atoms with E-state index in [-0.39, 0.29) is 22.8 Å². The van der Waals surface area contributed by atoms with Crippen LogP contribution in [0.3, 0.4) is 0 Å². The van der Waals surface area contributed by atoms with Crippen molar-refractivity contribution in [2.75, 3.05) is 13.1 Å². The lowest BCUT2D eigenvalue weighted by Gasteiger charge is -2.26. The van der Waals surface area contributed by atoms with Crippen LogP contribution >= 0.6 is 0 Å². The van der Waals surface area contributed by atoms with Crippen molar-refractivity contribution in [3.8, 4) is 0 Å². The van der Waals surface area contributed by atoms with E-state index in [9.17, 15) is 4.79 Å². The van der Waals surface area contributed by atoms with Crippen molar-refractivity contribution in [3.05, 3.63) is 11.9 Å². The second-order valence-electron chi connectivity index (χ2n) is 6.75. The summed E-state index contributed by atoms with van der Waals surface area (Å²) < 4.78 is 1.77. The Morgan fingerprint density at radius 2 is 2.00 bits per heavy atom. The van der Waals surface area contributed by atoms with E-state index < -0.39 is 0 Å². The summed E-state index contributed by atoms with van der Waals surface area (Å²) >= 11 is 0. The second kappa shape index (κ2) is 3.79. The van der Waals surface area contributed by atoms with E-state index >= 15 is 0 Å². The van der Waals surface area contributed by atoms with Gasteiger partial charge in [0.2, 0.25) is 0 Å². The third-order valence-corrected chi connectivity index (χ3v) is 5.17. The third-order valence-electron chi connectivity index (χ3n) is 5.17. The summed E-state index contributed by atoms with van der Waals surface area (Å²) in [4.78, 5) is 12.2. The Morgan fingerprint density at radius 1 is 1.37 bits per heavy atom. The highest BCUT2D eigenvalue weighted by Gasteiger charge is 2.65. The highest BCUT2D eigenvalue weighted by atomic mass is 16.2. The van der Waals surface area contributed by atoms with Crippen LogP contribution in [0, 0.1) is 10.8 Å². The average Bonchev–Trinajstić information content (AvgIpc) is 2.68. The lowest BCUT2D eigenvalue weighted by Crippen LogP contribution is -2.43. The van der Waals surface area contributed by atoms with Crippen molar-refractivity contribution in [1.29, 1.82) is 0 Å². The highest BCUT2D eigenvalue weighted by molar-refractivity contribution is 5.92. The van der Waals surface area contributed by atoms with E-state index in [1.807, 2.05) is 0 Å². The molecule has 1 aromatic heterocycles. The summed E-state index contributed by atoms with van der Waals surface area (Å²) in [5.41, 5.74) is 0.679. The Balaban J connectivity index is 1.66. The first-order valence-electron chi connectivity index (χ1n) is 6.77. The monoisotopic (exact) mass is 263 g/mol. The van der Waals surface area contributed by atoms with Crippen LogP contribution in [0.4, 0.5) is 0 Å². The zero-order valence-electron chi connectivity index (χ0n) is 11.9. The molecule has 6 nitrogen and oxygen atoms in total. The topological polar surface area (TPSA) is 71.8 Å². The molecule has 6 heteroatoms. The van der Waals surface area contributed by atoms with E-state index in [0.717, 1.165) is 13.1 Å². The molecule has 2 N–H and O–H groups in total. The number of nitrogens with zero attached hydrogens (tertiary/aromatic N) is 3. The number of carbonyl (C=O) groups is 1. The van der Waals surface area contributed by atoms with Crippen molar-refractivity contribution >= 4 is 5.91 Å². The molecule has 2 fully saturated rings. The molecule has 2 heterocycles. The van der Waals surface area contributed by atoms with Gasteiger partial charge in [0.25, 0.3) is 5.91 Å².